The zero-order chi connectivity index (χ0) is 13.6. The van der Waals surface area contributed by atoms with Crippen LogP contribution in [0.2, 0.25) is 0 Å². The largest absolute Gasteiger partial charge is 0.380 e. The highest BCUT2D eigenvalue weighted by Crippen LogP contribution is 2.09. The minimum absolute atomic E-state index is 0.941. The van der Waals surface area contributed by atoms with E-state index in [0.29, 0.717) is 0 Å². The summed E-state index contributed by atoms with van der Waals surface area (Å²) in [4.78, 5) is 2.52. The molecular weight excluding hydrogens is 234 g/mol. The molecule has 114 valence electrons. The standard InChI is InChI=1S/C17H35NO/c1-2-3-4-5-6-7-8-9-12-16-19-17-15-18-13-10-11-14-18/h2-17H2,1H3. The highest BCUT2D eigenvalue weighted by Gasteiger charge is 2.09. The Labute approximate surface area is 120 Å². The Kier molecular flexibility index (Phi) is 11.5. The fraction of sp³-hybridized carbons (Fsp3) is 1.00. The van der Waals surface area contributed by atoms with Gasteiger partial charge in [0.05, 0.1) is 6.61 Å². The third-order valence-corrected chi connectivity index (χ3v) is 4.14. The molecule has 1 aliphatic heterocycles. The topological polar surface area (TPSA) is 12.5 Å². The molecule has 0 spiro atoms. The molecule has 0 unspecified atom stereocenters. The van der Waals surface area contributed by atoms with Crippen LogP contribution in [0.1, 0.15) is 77.6 Å². The summed E-state index contributed by atoms with van der Waals surface area (Å²) in [7, 11) is 0. The van der Waals surface area contributed by atoms with Gasteiger partial charge in [-0.25, -0.2) is 0 Å². The van der Waals surface area contributed by atoms with Gasteiger partial charge in [-0.3, -0.25) is 0 Å². The molecule has 0 aromatic rings. The summed E-state index contributed by atoms with van der Waals surface area (Å²) in [6.07, 6.45) is 15.3. The van der Waals surface area contributed by atoms with E-state index >= 15 is 0 Å². The molecule has 1 heterocycles. The number of nitrogens with zero attached hydrogens (tertiary/aromatic N) is 1. The van der Waals surface area contributed by atoms with Gasteiger partial charge in [0.1, 0.15) is 0 Å². The molecule has 2 nitrogen and oxygen atoms in total. The fourth-order valence-electron chi connectivity index (χ4n) is 2.82. The molecule has 0 saturated carbocycles. The number of ether oxygens (including phenoxy) is 1. The highest BCUT2D eigenvalue weighted by molar-refractivity contribution is 4.65. The molecule has 0 aromatic carbocycles. The van der Waals surface area contributed by atoms with Crippen LogP contribution >= 0.6 is 0 Å². The predicted octanol–water partition coefficient (Wildman–Crippen LogP) is 4.63. The zero-order valence-corrected chi connectivity index (χ0v) is 13.2. The average Bonchev–Trinajstić information content (AvgIpc) is 2.93. The SMILES string of the molecule is CCCCCCCCCCCOCCN1CCCC1. The molecular formula is C17H35NO. The van der Waals surface area contributed by atoms with Crippen molar-refractivity contribution in [1.82, 2.24) is 4.90 Å². The van der Waals surface area contributed by atoms with Gasteiger partial charge in [0.2, 0.25) is 0 Å². The van der Waals surface area contributed by atoms with Gasteiger partial charge >= 0.3 is 0 Å². The molecule has 0 radical (unpaired) electrons. The molecule has 1 fully saturated rings. The minimum atomic E-state index is 0.941. The van der Waals surface area contributed by atoms with Crippen molar-refractivity contribution in [2.75, 3.05) is 32.8 Å². The van der Waals surface area contributed by atoms with Gasteiger partial charge < -0.3 is 9.64 Å². The van der Waals surface area contributed by atoms with Gasteiger partial charge in [0.15, 0.2) is 0 Å². The lowest BCUT2D eigenvalue weighted by molar-refractivity contribution is 0.108. The van der Waals surface area contributed by atoms with E-state index in [1.54, 1.807) is 0 Å². The van der Waals surface area contributed by atoms with Crippen LogP contribution in [0.25, 0.3) is 0 Å². The van der Waals surface area contributed by atoms with E-state index in [9.17, 15) is 0 Å². The second-order valence-corrected chi connectivity index (χ2v) is 5.99. The second-order valence-electron chi connectivity index (χ2n) is 5.99. The van der Waals surface area contributed by atoms with Gasteiger partial charge in [0, 0.05) is 13.2 Å². The second kappa shape index (κ2) is 12.9. The Morgan fingerprint density at radius 3 is 1.95 bits per heavy atom. The summed E-state index contributed by atoms with van der Waals surface area (Å²) in [5.41, 5.74) is 0. The molecule has 1 aliphatic rings. The molecule has 0 amide bonds. The number of hydrogen-bond acceptors (Lipinski definition) is 2. The van der Waals surface area contributed by atoms with Crippen molar-refractivity contribution in [3.8, 4) is 0 Å². The quantitative estimate of drug-likeness (QED) is 0.452. The van der Waals surface area contributed by atoms with E-state index in [1.165, 1.54) is 83.7 Å². The third kappa shape index (κ3) is 10.4. The molecule has 0 aliphatic carbocycles. The fourth-order valence-corrected chi connectivity index (χ4v) is 2.82. The monoisotopic (exact) mass is 269 g/mol. The molecule has 2 heteroatoms. The third-order valence-electron chi connectivity index (χ3n) is 4.14. The summed E-state index contributed by atoms with van der Waals surface area (Å²) in [6.45, 7) is 7.94. The molecule has 1 saturated heterocycles. The number of rotatable bonds is 13. The summed E-state index contributed by atoms with van der Waals surface area (Å²) >= 11 is 0. The maximum Gasteiger partial charge on any atom is 0.0593 e. The van der Waals surface area contributed by atoms with Gasteiger partial charge in [0.25, 0.3) is 0 Å². The zero-order valence-electron chi connectivity index (χ0n) is 13.2. The maximum atomic E-state index is 5.71. The van der Waals surface area contributed by atoms with Crippen LogP contribution in [0.4, 0.5) is 0 Å². The van der Waals surface area contributed by atoms with E-state index < -0.39 is 0 Å². The van der Waals surface area contributed by atoms with Crippen LogP contribution in [0.15, 0.2) is 0 Å². The molecule has 19 heavy (non-hydrogen) atoms. The lowest BCUT2D eigenvalue weighted by Gasteiger charge is -2.14. The van der Waals surface area contributed by atoms with Crippen LogP contribution in [0.5, 0.6) is 0 Å². The summed E-state index contributed by atoms with van der Waals surface area (Å²) in [5, 5.41) is 0. The van der Waals surface area contributed by atoms with Crippen LogP contribution < -0.4 is 0 Å². The van der Waals surface area contributed by atoms with Crippen molar-refractivity contribution in [3.05, 3.63) is 0 Å². The lowest BCUT2D eigenvalue weighted by Crippen LogP contribution is -2.24. The van der Waals surface area contributed by atoms with Crippen molar-refractivity contribution in [3.63, 3.8) is 0 Å². The number of hydrogen-bond donors (Lipinski definition) is 0. The lowest BCUT2D eigenvalue weighted by atomic mass is 10.1. The van der Waals surface area contributed by atoms with Gasteiger partial charge in [-0.2, -0.15) is 0 Å². The first-order valence-corrected chi connectivity index (χ1v) is 8.73. The van der Waals surface area contributed by atoms with Crippen LogP contribution in [0.3, 0.4) is 0 Å². The Morgan fingerprint density at radius 2 is 1.32 bits per heavy atom. The van der Waals surface area contributed by atoms with E-state index in [4.69, 9.17) is 4.74 Å². The van der Waals surface area contributed by atoms with E-state index in [0.717, 1.165) is 19.8 Å². The van der Waals surface area contributed by atoms with Crippen molar-refractivity contribution >= 4 is 0 Å². The van der Waals surface area contributed by atoms with Crippen LogP contribution in [0, 0.1) is 0 Å². The minimum Gasteiger partial charge on any atom is -0.380 e. The van der Waals surface area contributed by atoms with E-state index in [1.807, 2.05) is 0 Å². The van der Waals surface area contributed by atoms with Crippen LogP contribution in [-0.4, -0.2) is 37.7 Å². The number of likely N-dealkylation sites (tertiary alicyclic amines) is 1. The van der Waals surface area contributed by atoms with Crippen molar-refractivity contribution in [2.45, 2.75) is 77.6 Å². The maximum absolute atomic E-state index is 5.71. The first-order valence-electron chi connectivity index (χ1n) is 8.73. The Morgan fingerprint density at radius 1 is 0.737 bits per heavy atom. The molecule has 0 aromatic heterocycles. The number of unbranched alkanes of at least 4 members (excludes halogenated alkanes) is 8. The average molecular weight is 269 g/mol. The molecule has 0 bridgehead atoms. The predicted molar refractivity (Wildman–Crippen MR) is 83.7 cm³/mol. The summed E-state index contributed by atoms with van der Waals surface area (Å²) < 4.78 is 5.71. The normalized spacial score (nSPS) is 16.3. The first kappa shape index (κ1) is 17.0. The van der Waals surface area contributed by atoms with Gasteiger partial charge in [-0.15, -0.1) is 0 Å². The molecule has 0 atom stereocenters. The smallest absolute Gasteiger partial charge is 0.0593 e. The van der Waals surface area contributed by atoms with E-state index in [-0.39, 0.29) is 0 Å². The van der Waals surface area contributed by atoms with Crippen molar-refractivity contribution in [1.29, 1.82) is 0 Å². The summed E-state index contributed by atoms with van der Waals surface area (Å²) in [6, 6.07) is 0. The molecule has 1 rings (SSSR count). The highest BCUT2D eigenvalue weighted by atomic mass is 16.5. The molecule has 0 N–H and O–H groups in total. The van der Waals surface area contributed by atoms with E-state index in [2.05, 4.69) is 11.8 Å². The Hall–Kier alpha value is -0.0800. The first-order chi connectivity index (χ1) is 9.43. The Balaban J connectivity index is 1.67. The van der Waals surface area contributed by atoms with Crippen molar-refractivity contribution in [2.24, 2.45) is 0 Å². The van der Waals surface area contributed by atoms with Gasteiger partial charge in [-0.1, -0.05) is 58.3 Å². The summed E-state index contributed by atoms with van der Waals surface area (Å²) in [5.74, 6) is 0. The van der Waals surface area contributed by atoms with Crippen LogP contribution in [-0.2, 0) is 4.74 Å². The van der Waals surface area contributed by atoms with Crippen molar-refractivity contribution < 1.29 is 4.74 Å². The Bertz CT molecular complexity index is 178. The van der Waals surface area contributed by atoms with Gasteiger partial charge in [-0.05, 0) is 32.4 Å².